The van der Waals surface area contributed by atoms with Crippen molar-refractivity contribution in [2.45, 2.75) is 45.4 Å². The lowest BCUT2D eigenvalue weighted by Gasteiger charge is -2.16. The first-order valence-corrected chi connectivity index (χ1v) is 8.05. The van der Waals surface area contributed by atoms with Gasteiger partial charge in [-0.05, 0) is 23.6 Å². The van der Waals surface area contributed by atoms with Gasteiger partial charge in [-0.2, -0.15) is 0 Å². The van der Waals surface area contributed by atoms with Gasteiger partial charge in [-0.25, -0.2) is 8.42 Å². The number of rotatable bonds is 4. The Labute approximate surface area is 116 Å². The molecule has 106 valence electrons. The molecule has 0 radical (unpaired) electrons. The van der Waals surface area contributed by atoms with Crippen LogP contribution in [-0.2, 0) is 14.6 Å². The van der Waals surface area contributed by atoms with E-state index in [2.05, 4.69) is 0 Å². The van der Waals surface area contributed by atoms with Crippen molar-refractivity contribution in [3.63, 3.8) is 0 Å². The molecule has 0 bridgehead atoms. The summed E-state index contributed by atoms with van der Waals surface area (Å²) in [6.07, 6.45) is 0. The summed E-state index contributed by atoms with van der Waals surface area (Å²) in [5.74, 6) is -0.342. The molecule has 3 nitrogen and oxygen atoms in total. The molecule has 0 saturated carbocycles. The fourth-order valence-corrected chi connectivity index (χ4v) is 3.03. The fraction of sp³-hybridized carbons (Fsp3) is 0.533. The average Bonchev–Trinajstić information content (AvgIpc) is 2.27. The van der Waals surface area contributed by atoms with E-state index in [1.807, 2.05) is 13.8 Å². The van der Waals surface area contributed by atoms with Crippen LogP contribution in [0.25, 0.3) is 0 Å². The maximum atomic E-state index is 12.1. The van der Waals surface area contributed by atoms with Gasteiger partial charge in [0, 0.05) is 5.41 Å². The highest BCUT2D eigenvalue weighted by molar-refractivity contribution is 7.92. The molecular formula is C15H22O3S. The van der Waals surface area contributed by atoms with Gasteiger partial charge >= 0.3 is 0 Å². The Bertz CT molecular complexity index is 546. The van der Waals surface area contributed by atoms with Crippen LogP contribution in [0.5, 0.6) is 0 Å². The molecule has 0 spiro atoms. The van der Waals surface area contributed by atoms with Gasteiger partial charge in [0.2, 0.25) is 0 Å². The van der Waals surface area contributed by atoms with Gasteiger partial charge in [0.15, 0.2) is 15.6 Å². The van der Waals surface area contributed by atoms with Gasteiger partial charge in [-0.15, -0.1) is 0 Å². The topological polar surface area (TPSA) is 51.2 Å². The van der Waals surface area contributed by atoms with Crippen LogP contribution < -0.4 is 0 Å². The van der Waals surface area contributed by atoms with Crippen LogP contribution in [0.15, 0.2) is 29.2 Å². The van der Waals surface area contributed by atoms with Crippen molar-refractivity contribution >= 4 is 15.6 Å². The molecule has 19 heavy (non-hydrogen) atoms. The minimum Gasteiger partial charge on any atom is -0.298 e. The fourth-order valence-electron chi connectivity index (χ4n) is 1.53. The summed E-state index contributed by atoms with van der Waals surface area (Å²) in [6.45, 7) is 9.28. The molecule has 1 aromatic carbocycles. The van der Waals surface area contributed by atoms with E-state index in [4.69, 9.17) is 0 Å². The molecule has 0 aromatic heterocycles. The second-order valence-electron chi connectivity index (χ2n) is 6.16. The summed E-state index contributed by atoms with van der Waals surface area (Å²) in [5, 5.41) is 0. The summed E-state index contributed by atoms with van der Waals surface area (Å²) in [7, 11) is -3.53. The average molecular weight is 282 g/mol. The highest BCUT2D eigenvalue weighted by atomic mass is 32.2. The van der Waals surface area contributed by atoms with Crippen molar-refractivity contribution in [2.24, 2.45) is 5.41 Å². The zero-order valence-electron chi connectivity index (χ0n) is 12.2. The number of carbonyl (C=O) groups is 1. The van der Waals surface area contributed by atoms with E-state index in [1.165, 1.54) is 0 Å². The van der Waals surface area contributed by atoms with Crippen molar-refractivity contribution in [3.8, 4) is 0 Å². The van der Waals surface area contributed by atoms with E-state index < -0.39 is 21.0 Å². The van der Waals surface area contributed by atoms with E-state index in [0.717, 1.165) is 5.56 Å². The second-order valence-corrected chi connectivity index (χ2v) is 8.15. The standard InChI is InChI=1S/C15H22O3S/c1-11(2)12-6-8-13(9-7-12)19(17,18)10-14(16)15(3,4)5/h6-9,11H,10H2,1-5H3. The monoisotopic (exact) mass is 282 g/mol. The van der Waals surface area contributed by atoms with Crippen molar-refractivity contribution in [1.29, 1.82) is 0 Å². The highest BCUT2D eigenvalue weighted by Crippen LogP contribution is 2.21. The Balaban J connectivity index is 2.98. The Morgan fingerprint density at radius 2 is 1.58 bits per heavy atom. The number of hydrogen-bond acceptors (Lipinski definition) is 3. The predicted molar refractivity (Wildman–Crippen MR) is 77.0 cm³/mol. The molecule has 0 heterocycles. The largest absolute Gasteiger partial charge is 0.298 e. The maximum Gasteiger partial charge on any atom is 0.185 e. The van der Waals surface area contributed by atoms with E-state index in [0.29, 0.717) is 5.92 Å². The molecule has 0 saturated heterocycles. The van der Waals surface area contributed by atoms with E-state index in [1.54, 1.807) is 45.0 Å². The Morgan fingerprint density at radius 3 is 1.95 bits per heavy atom. The van der Waals surface area contributed by atoms with Crippen molar-refractivity contribution in [3.05, 3.63) is 29.8 Å². The lowest BCUT2D eigenvalue weighted by atomic mass is 9.92. The first-order chi connectivity index (χ1) is 8.54. The van der Waals surface area contributed by atoms with Crippen LogP contribution in [0.3, 0.4) is 0 Å². The van der Waals surface area contributed by atoms with E-state index in [9.17, 15) is 13.2 Å². The molecule has 0 unspecified atom stereocenters. The minimum absolute atomic E-state index is 0.217. The van der Waals surface area contributed by atoms with Crippen molar-refractivity contribution in [1.82, 2.24) is 0 Å². The van der Waals surface area contributed by atoms with Crippen LogP contribution in [0.2, 0.25) is 0 Å². The van der Waals surface area contributed by atoms with Gasteiger partial charge in [0.05, 0.1) is 4.90 Å². The summed E-state index contributed by atoms with van der Waals surface area (Å²) < 4.78 is 24.3. The van der Waals surface area contributed by atoms with Crippen LogP contribution in [0, 0.1) is 5.41 Å². The first-order valence-electron chi connectivity index (χ1n) is 6.40. The van der Waals surface area contributed by atoms with Crippen LogP contribution in [0.4, 0.5) is 0 Å². The lowest BCUT2D eigenvalue weighted by molar-refractivity contribution is -0.123. The quantitative estimate of drug-likeness (QED) is 0.852. The summed E-state index contributed by atoms with van der Waals surface area (Å²) >= 11 is 0. The van der Waals surface area contributed by atoms with E-state index >= 15 is 0 Å². The molecule has 0 aliphatic rings. The van der Waals surface area contributed by atoms with Gasteiger partial charge < -0.3 is 0 Å². The van der Waals surface area contributed by atoms with Gasteiger partial charge in [-0.1, -0.05) is 46.8 Å². The number of hydrogen-bond donors (Lipinski definition) is 0. The molecule has 0 aliphatic carbocycles. The Morgan fingerprint density at radius 1 is 1.11 bits per heavy atom. The number of ketones is 1. The summed E-state index contributed by atoms with van der Waals surface area (Å²) in [6, 6.07) is 6.78. The smallest absolute Gasteiger partial charge is 0.185 e. The summed E-state index contributed by atoms with van der Waals surface area (Å²) in [5.41, 5.74) is 0.450. The Hall–Kier alpha value is -1.16. The van der Waals surface area contributed by atoms with Crippen LogP contribution >= 0.6 is 0 Å². The zero-order valence-corrected chi connectivity index (χ0v) is 13.0. The molecule has 1 aromatic rings. The zero-order chi connectivity index (χ0) is 14.8. The SMILES string of the molecule is CC(C)c1ccc(S(=O)(=O)CC(=O)C(C)(C)C)cc1. The third kappa shape index (κ3) is 4.16. The Kier molecular flexibility index (Phi) is 4.56. The normalized spacial score (nSPS) is 12.7. The van der Waals surface area contributed by atoms with Crippen molar-refractivity contribution < 1.29 is 13.2 Å². The van der Waals surface area contributed by atoms with E-state index in [-0.39, 0.29) is 10.7 Å². The lowest BCUT2D eigenvalue weighted by Crippen LogP contribution is -2.28. The molecular weight excluding hydrogens is 260 g/mol. The number of carbonyl (C=O) groups excluding carboxylic acids is 1. The van der Waals surface area contributed by atoms with Crippen molar-refractivity contribution in [2.75, 3.05) is 5.75 Å². The van der Waals surface area contributed by atoms with Crippen LogP contribution in [-0.4, -0.2) is 20.0 Å². The van der Waals surface area contributed by atoms with Gasteiger partial charge in [-0.3, -0.25) is 4.79 Å². The summed E-state index contributed by atoms with van der Waals surface area (Å²) in [4.78, 5) is 12.1. The molecule has 0 atom stereocenters. The third-order valence-corrected chi connectivity index (χ3v) is 4.70. The predicted octanol–water partition coefficient (Wildman–Crippen LogP) is 3.20. The second kappa shape index (κ2) is 5.45. The molecule has 0 aliphatic heterocycles. The maximum absolute atomic E-state index is 12.1. The first kappa shape index (κ1) is 15.9. The molecule has 1 rings (SSSR count). The molecule has 4 heteroatoms. The molecule has 0 fully saturated rings. The number of benzene rings is 1. The third-order valence-electron chi connectivity index (χ3n) is 3.06. The van der Waals surface area contributed by atoms with Gasteiger partial charge in [0.1, 0.15) is 5.75 Å². The minimum atomic E-state index is -3.53. The number of Topliss-reactive ketones (excluding diaryl/α,β-unsaturated/α-hetero) is 1. The van der Waals surface area contributed by atoms with Crippen LogP contribution in [0.1, 0.15) is 46.1 Å². The number of sulfone groups is 1. The highest BCUT2D eigenvalue weighted by Gasteiger charge is 2.27. The van der Waals surface area contributed by atoms with Gasteiger partial charge in [0.25, 0.3) is 0 Å². The molecule has 0 amide bonds. The molecule has 0 N–H and O–H groups in total.